The molecule has 0 aliphatic rings. The number of anilines is 1. The molecule has 0 radical (unpaired) electrons. The number of carbonyl (C=O) groups is 1. The third-order valence-electron chi connectivity index (χ3n) is 2.96. The van der Waals surface area contributed by atoms with Gasteiger partial charge in [-0.2, -0.15) is 0 Å². The van der Waals surface area contributed by atoms with Gasteiger partial charge in [-0.05, 0) is 30.2 Å². The van der Waals surface area contributed by atoms with Crippen molar-refractivity contribution in [3.8, 4) is 0 Å². The van der Waals surface area contributed by atoms with Crippen molar-refractivity contribution >= 4 is 22.2 Å². The molecule has 0 aliphatic heterocycles. The normalized spacial score (nSPS) is 11.3. The summed E-state index contributed by atoms with van der Waals surface area (Å²) >= 11 is 1.57. The fourth-order valence-electron chi connectivity index (χ4n) is 2.16. The Hall–Kier alpha value is -1.03. The highest BCUT2D eigenvalue weighted by atomic mass is 32.1. The van der Waals surface area contributed by atoms with E-state index in [2.05, 4.69) is 33.0 Å². The van der Waals surface area contributed by atoms with E-state index in [0.29, 0.717) is 23.4 Å². The van der Waals surface area contributed by atoms with E-state index in [1.54, 1.807) is 11.3 Å². The monoisotopic (exact) mass is 282 g/mol. The van der Waals surface area contributed by atoms with Crippen LogP contribution >= 0.6 is 11.3 Å². The van der Waals surface area contributed by atoms with Gasteiger partial charge in [0.15, 0.2) is 0 Å². The van der Waals surface area contributed by atoms with E-state index in [9.17, 15) is 4.79 Å². The molecule has 1 aromatic heterocycles. The van der Waals surface area contributed by atoms with Crippen molar-refractivity contribution in [2.24, 2.45) is 5.92 Å². The molecule has 108 valence electrons. The van der Waals surface area contributed by atoms with Crippen molar-refractivity contribution in [1.29, 1.82) is 0 Å². The lowest BCUT2D eigenvalue weighted by atomic mass is 9.95. The van der Waals surface area contributed by atoms with Crippen LogP contribution in [0.5, 0.6) is 0 Å². The van der Waals surface area contributed by atoms with Gasteiger partial charge in [0.1, 0.15) is 0 Å². The average Bonchev–Trinajstić information content (AvgIpc) is 2.62. The van der Waals surface area contributed by atoms with E-state index < -0.39 is 0 Å². The van der Waals surface area contributed by atoms with Crippen LogP contribution in [0.3, 0.4) is 0 Å². The van der Waals surface area contributed by atoms with Crippen molar-refractivity contribution in [2.45, 2.75) is 53.4 Å². The van der Waals surface area contributed by atoms with E-state index >= 15 is 0 Å². The highest BCUT2D eigenvalue weighted by Gasteiger charge is 2.23. The fraction of sp³-hybridized carbons (Fsp3) is 0.667. The standard InChI is InChI=1S/C15H26N2OS/c1-6-7-17-15(18)12-11(8-9(2)3)13(10(4)5)19-14(12)16/h9-10H,6-8,16H2,1-5H3,(H,17,18). The molecule has 1 heterocycles. The summed E-state index contributed by atoms with van der Waals surface area (Å²) in [4.78, 5) is 13.5. The largest absolute Gasteiger partial charge is 0.390 e. The molecule has 0 aliphatic carbocycles. The number of thiophene rings is 1. The Kier molecular flexibility index (Phi) is 5.85. The van der Waals surface area contributed by atoms with Crippen LogP contribution in [0.4, 0.5) is 5.00 Å². The van der Waals surface area contributed by atoms with Gasteiger partial charge in [-0.1, -0.05) is 34.6 Å². The average molecular weight is 282 g/mol. The molecule has 1 aromatic rings. The summed E-state index contributed by atoms with van der Waals surface area (Å²) in [5.74, 6) is 0.913. The number of amides is 1. The Balaban J connectivity index is 3.17. The molecule has 0 fully saturated rings. The Morgan fingerprint density at radius 1 is 1.32 bits per heavy atom. The van der Waals surface area contributed by atoms with E-state index in [1.165, 1.54) is 4.88 Å². The zero-order valence-corrected chi connectivity index (χ0v) is 13.5. The van der Waals surface area contributed by atoms with Gasteiger partial charge in [0.2, 0.25) is 0 Å². The van der Waals surface area contributed by atoms with Crippen molar-refractivity contribution in [3.05, 3.63) is 16.0 Å². The molecule has 0 atom stereocenters. The predicted octanol–water partition coefficient (Wildman–Crippen LogP) is 3.79. The number of carbonyl (C=O) groups excluding carboxylic acids is 1. The zero-order valence-electron chi connectivity index (χ0n) is 12.7. The van der Waals surface area contributed by atoms with Crippen LogP contribution in [0.2, 0.25) is 0 Å². The number of rotatable bonds is 6. The first kappa shape index (κ1) is 16.0. The van der Waals surface area contributed by atoms with E-state index in [4.69, 9.17) is 5.73 Å². The van der Waals surface area contributed by atoms with Crippen molar-refractivity contribution in [1.82, 2.24) is 5.32 Å². The second kappa shape index (κ2) is 6.94. The molecule has 0 bridgehead atoms. The van der Waals surface area contributed by atoms with Gasteiger partial charge >= 0.3 is 0 Å². The summed E-state index contributed by atoms with van der Waals surface area (Å²) < 4.78 is 0. The van der Waals surface area contributed by atoms with Crippen LogP contribution < -0.4 is 11.1 Å². The Morgan fingerprint density at radius 3 is 2.42 bits per heavy atom. The molecule has 19 heavy (non-hydrogen) atoms. The Morgan fingerprint density at radius 2 is 1.95 bits per heavy atom. The summed E-state index contributed by atoms with van der Waals surface area (Å²) in [6.07, 6.45) is 1.85. The lowest BCUT2D eigenvalue weighted by Crippen LogP contribution is -2.25. The molecule has 0 saturated carbocycles. The highest BCUT2D eigenvalue weighted by molar-refractivity contribution is 7.16. The first-order valence-electron chi connectivity index (χ1n) is 7.07. The van der Waals surface area contributed by atoms with E-state index in [0.717, 1.165) is 24.0 Å². The molecule has 3 nitrogen and oxygen atoms in total. The second-order valence-corrected chi connectivity index (χ2v) is 6.78. The lowest BCUT2D eigenvalue weighted by molar-refractivity contribution is 0.0954. The fourth-order valence-corrected chi connectivity index (χ4v) is 3.26. The van der Waals surface area contributed by atoms with Gasteiger partial charge in [0.25, 0.3) is 5.91 Å². The molecular weight excluding hydrogens is 256 g/mol. The van der Waals surface area contributed by atoms with Crippen molar-refractivity contribution in [3.63, 3.8) is 0 Å². The van der Waals surface area contributed by atoms with Gasteiger partial charge in [-0.25, -0.2) is 0 Å². The van der Waals surface area contributed by atoms with Crippen molar-refractivity contribution < 1.29 is 4.79 Å². The molecule has 4 heteroatoms. The first-order valence-corrected chi connectivity index (χ1v) is 7.89. The minimum atomic E-state index is -0.0156. The maximum Gasteiger partial charge on any atom is 0.254 e. The number of nitrogens with one attached hydrogen (secondary N) is 1. The Bertz CT molecular complexity index is 436. The Labute approximate surface area is 120 Å². The smallest absolute Gasteiger partial charge is 0.254 e. The molecule has 0 spiro atoms. The minimum absolute atomic E-state index is 0.0156. The summed E-state index contributed by atoms with van der Waals surface area (Å²) in [7, 11) is 0. The SMILES string of the molecule is CCCNC(=O)c1c(N)sc(C(C)C)c1CC(C)C. The van der Waals surface area contributed by atoms with Crippen LogP contribution in [0.15, 0.2) is 0 Å². The van der Waals surface area contributed by atoms with Crippen LogP contribution in [0.1, 0.15) is 67.8 Å². The second-order valence-electron chi connectivity index (χ2n) is 5.69. The third kappa shape index (κ3) is 3.96. The molecule has 1 amide bonds. The van der Waals surface area contributed by atoms with E-state index in [-0.39, 0.29) is 5.91 Å². The summed E-state index contributed by atoms with van der Waals surface area (Å²) in [5.41, 5.74) is 7.96. The maximum atomic E-state index is 12.3. The topological polar surface area (TPSA) is 55.1 Å². The van der Waals surface area contributed by atoms with E-state index in [1.807, 2.05) is 6.92 Å². The first-order chi connectivity index (χ1) is 8.88. The zero-order chi connectivity index (χ0) is 14.6. The molecule has 0 aromatic carbocycles. The van der Waals surface area contributed by atoms with Gasteiger partial charge in [0.05, 0.1) is 10.6 Å². The predicted molar refractivity (Wildman–Crippen MR) is 84.0 cm³/mol. The summed E-state index contributed by atoms with van der Waals surface area (Å²) in [5, 5.41) is 3.60. The van der Waals surface area contributed by atoms with Crippen LogP contribution in [-0.2, 0) is 6.42 Å². The van der Waals surface area contributed by atoms with Gasteiger partial charge in [0, 0.05) is 11.4 Å². The van der Waals surface area contributed by atoms with Crippen LogP contribution in [-0.4, -0.2) is 12.5 Å². The highest BCUT2D eigenvalue weighted by Crippen LogP contribution is 2.37. The molecule has 0 saturated heterocycles. The molecule has 1 rings (SSSR count). The van der Waals surface area contributed by atoms with Gasteiger partial charge in [-0.3, -0.25) is 4.79 Å². The molecular formula is C15H26N2OS. The molecule has 3 N–H and O–H groups in total. The summed E-state index contributed by atoms with van der Waals surface area (Å²) in [6.45, 7) is 11.4. The minimum Gasteiger partial charge on any atom is -0.390 e. The number of hydrogen-bond acceptors (Lipinski definition) is 3. The van der Waals surface area contributed by atoms with Gasteiger partial charge in [-0.15, -0.1) is 11.3 Å². The van der Waals surface area contributed by atoms with Crippen molar-refractivity contribution in [2.75, 3.05) is 12.3 Å². The number of hydrogen-bond donors (Lipinski definition) is 2. The van der Waals surface area contributed by atoms with Crippen LogP contribution in [0.25, 0.3) is 0 Å². The lowest BCUT2D eigenvalue weighted by Gasteiger charge is -2.12. The maximum absolute atomic E-state index is 12.3. The summed E-state index contributed by atoms with van der Waals surface area (Å²) in [6, 6.07) is 0. The third-order valence-corrected chi connectivity index (χ3v) is 4.33. The van der Waals surface area contributed by atoms with Gasteiger partial charge < -0.3 is 11.1 Å². The number of nitrogens with two attached hydrogens (primary N) is 1. The van der Waals surface area contributed by atoms with Crippen LogP contribution in [0, 0.1) is 5.92 Å². The number of nitrogen functional groups attached to an aromatic ring is 1. The quantitative estimate of drug-likeness (QED) is 0.834. The molecule has 0 unspecified atom stereocenters.